The Bertz CT molecular complexity index is 509. The second kappa shape index (κ2) is 11.7. The van der Waals surface area contributed by atoms with Gasteiger partial charge in [-0.05, 0) is 37.1 Å². The van der Waals surface area contributed by atoms with Gasteiger partial charge in [-0.3, -0.25) is 0 Å². The quantitative estimate of drug-likeness (QED) is 0.358. The highest BCUT2D eigenvalue weighted by Crippen LogP contribution is 2.31. The van der Waals surface area contributed by atoms with Crippen molar-refractivity contribution in [1.29, 1.82) is 0 Å². The summed E-state index contributed by atoms with van der Waals surface area (Å²) in [5.41, 5.74) is 2.64. The fourth-order valence-electron chi connectivity index (χ4n) is 3.64. The zero-order valence-electron chi connectivity index (χ0n) is 16.2. The van der Waals surface area contributed by atoms with Gasteiger partial charge >= 0.3 is 0 Å². The Morgan fingerprint density at radius 2 is 1.12 bits per heavy atom. The Balaban J connectivity index is 2.08. The number of unbranched alkanes of at least 4 members (excludes halogenated alkanes) is 5. The summed E-state index contributed by atoms with van der Waals surface area (Å²) in [4.78, 5) is 2.57. The first-order chi connectivity index (χ1) is 12.4. The van der Waals surface area contributed by atoms with Crippen molar-refractivity contribution in [1.82, 2.24) is 0 Å². The molecule has 0 bridgehead atoms. The van der Waals surface area contributed by atoms with Crippen molar-refractivity contribution in [3.8, 4) is 0 Å². The Morgan fingerprint density at radius 3 is 1.64 bits per heavy atom. The van der Waals surface area contributed by atoms with Crippen LogP contribution >= 0.6 is 0 Å². The Labute approximate surface area is 155 Å². The van der Waals surface area contributed by atoms with Crippen molar-refractivity contribution in [3.05, 3.63) is 60.7 Å². The van der Waals surface area contributed by atoms with Crippen LogP contribution in [0.3, 0.4) is 0 Å². The summed E-state index contributed by atoms with van der Waals surface area (Å²) in [6.07, 6.45) is 12.0. The summed E-state index contributed by atoms with van der Waals surface area (Å²) in [5, 5.41) is 0. The molecule has 0 N–H and O–H groups in total. The molecular weight excluding hydrogens is 302 g/mol. The van der Waals surface area contributed by atoms with E-state index in [1.165, 1.54) is 69.2 Å². The average molecular weight is 338 g/mol. The van der Waals surface area contributed by atoms with Crippen LogP contribution in [0.1, 0.15) is 71.6 Å². The van der Waals surface area contributed by atoms with Gasteiger partial charge < -0.3 is 4.90 Å². The van der Waals surface area contributed by atoms with E-state index in [9.17, 15) is 0 Å². The van der Waals surface area contributed by atoms with Gasteiger partial charge in [-0.15, -0.1) is 0 Å². The van der Waals surface area contributed by atoms with E-state index in [1.807, 2.05) is 0 Å². The van der Waals surface area contributed by atoms with E-state index in [1.54, 1.807) is 0 Å². The highest BCUT2D eigenvalue weighted by atomic mass is 15.2. The topological polar surface area (TPSA) is 3.24 Å². The number of rotatable bonds is 12. The molecule has 0 heterocycles. The number of benzene rings is 2. The fourth-order valence-corrected chi connectivity index (χ4v) is 3.64. The number of para-hydroxylation sites is 2. The highest BCUT2D eigenvalue weighted by Gasteiger charge is 2.19. The smallest absolute Gasteiger partial charge is 0.0413 e. The number of nitrogens with zero attached hydrogens (tertiary/aromatic N) is 1. The third-order valence-corrected chi connectivity index (χ3v) is 4.95. The van der Waals surface area contributed by atoms with Gasteiger partial charge in [0.05, 0.1) is 0 Å². The molecule has 0 aliphatic heterocycles. The van der Waals surface area contributed by atoms with Gasteiger partial charge in [0.1, 0.15) is 0 Å². The van der Waals surface area contributed by atoms with Crippen molar-refractivity contribution in [3.63, 3.8) is 0 Å². The fraction of sp³-hybridized carbons (Fsp3) is 0.500. The van der Waals surface area contributed by atoms with Gasteiger partial charge in [0.15, 0.2) is 0 Å². The van der Waals surface area contributed by atoms with E-state index in [0.717, 1.165) is 0 Å². The summed E-state index contributed by atoms with van der Waals surface area (Å²) in [6, 6.07) is 22.4. The molecule has 1 atom stereocenters. The van der Waals surface area contributed by atoms with Gasteiger partial charge in [0.25, 0.3) is 0 Å². The standard InChI is InChI=1S/C24H35N/c1-3-5-6-7-8-11-17-22(16-4-2)25(23-18-12-9-13-19-23)24-20-14-10-15-21-24/h9-10,12-15,18-22H,3-8,11,16-17H2,1-2H3. The molecule has 136 valence electrons. The van der Waals surface area contributed by atoms with Crippen molar-refractivity contribution < 1.29 is 0 Å². The van der Waals surface area contributed by atoms with Crippen LogP contribution in [0.15, 0.2) is 60.7 Å². The van der Waals surface area contributed by atoms with E-state index < -0.39 is 0 Å². The van der Waals surface area contributed by atoms with E-state index in [0.29, 0.717) is 6.04 Å². The number of hydrogen-bond acceptors (Lipinski definition) is 1. The minimum absolute atomic E-state index is 0.584. The van der Waals surface area contributed by atoms with Crippen molar-refractivity contribution in [2.24, 2.45) is 0 Å². The summed E-state index contributed by atoms with van der Waals surface area (Å²) in [5.74, 6) is 0. The lowest BCUT2D eigenvalue weighted by Gasteiger charge is -2.34. The van der Waals surface area contributed by atoms with Gasteiger partial charge in [0.2, 0.25) is 0 Å². The third-order valence-electron chi connectivity index (χ3n) is 4.95. The molecule has 0 fully saturated rings. The molecule has 0 radical (unpaired) electrons. The lowest BCUT2D eigenvalue weighted by atomic mass is 9.99. The van der Waals surface area contributed by atoms with Crippen LogP contribution < -0.4 is 4.90 Å². The Kier molecular flexibility index (Phi) is 9.18. The number of hydrogen-bond donors (Lipinski definition) is 0. The minimum atomic E-state index is 0.584. The average Bonchev–Trinajstić information content (AvgIpc) is 2.66. The van der Waals surface area contributed by atoms with Crippen LogP contribution in [0.4, 0.5) is 11.4 Å². The maximum Gasteiger partial charge on any atom is 0.0413 e. The van der Waals surface area contributed by atoms with Crippen LogP contribution in [-0.4, -0.2) is 6.04 Å². The molecule has 0 aliphatic carbocycles. The lowest BCUT2D eigenvalue weighted by Crippen LogP contribution is -2.31. The lowest BCUT2D eigenvalue weighted by molar-refractivity contribution is 0.501. The van der Waals surface area contributed by atoms with E-state index in [4.69, 9.17) is 0 Å². The van der Waals surface area contributed by atoms with Crippen LogP contribution in [0, 0.1) is 0 Å². The van der Waals surface area contributed by atoms with Crippen LogP contribution in [0.2, 0.25) is 0 Å². The molecule has 0 amide bonds. The first-order valence-corrected chi connectivity index (χ1v) is 10.3. The zero-order valence-corrected chi connectivity index (χ0v) is 16.2. The molecule has 2 aromatic carbocycles. The molecule has 25 heavy (non-hydrogen) atoms. The largest absolute Gasteiger partial charge is 0.338 e. The monoisotopic (exact) mass is 337 g/mol. The van der Waals surface area contributed by atoms with Crippen LogP contribution in [0.5, 0.6) is 0 Å². The minimum Gasteiger partial charge on any atom is -0.338 e. The normalized spacial score (nSPS) is 12.1. The molecule has 0 saturated carbocycles. The maximum atomic E-state index is 2.57. The second-order valence-corrected chi connectivity index (χ2v) is 7.04. The summed E-state index contributed by atoms with van der Waals surface area (Å²) < 4.78 is 0. The van der Waals surface area contributed by atoms with Crippen molar-refractivity contribution in [2.75, 3.05) is 4.90 Å². The number of anilines is 2. The van der Waals surface area contributed by atoms with Crippen LogP contribution in [0.25, 0.3) is 0 Å². The van der Waals surface area contributed by atoms with Crippen LogP contribution in [-0.2, 0) is 0 Å². The summed E-state index contributed by atoms with van der Waals surface area (Å²) in [6.45, 7) is 4.59. The molecule has 1 nitrogen and oxygen atoms in total. The third kappa shape index (κ3) is 6.57. The molecule has 0 spiro atoms. The van der Waals surface area contributed by atoms with E-state index in [-0.39, 0.29) is 0 Å². The SMILES string of the molecule is CCCCCCCCC(CCC)N(c1ccccc1)c1ccccc1. The Morgan fingerprint density at radius 1 is 0.600 bits per heavy atom. The first kappa shape index (κ1) is 19.6. The molecule has 2 aromatic rings. The van der Waals surface area contributed by atoms with Gasteiger partial charge in [-0.25, -0.2) is 0 Å². The van der Waals surface area contributed by atoms with Gasteiger partial charge in [0, 0.05) is 17.4 Å². The highest BCUT2D eigenvalue weighted by molar-refractivity contribution is 5.63. The van der Waals surface area contributed by atoms with E-state index in [2.05, 4.69) is 79.4 Å². The predicted octanol–water partition coefficient (Wildman–Crippen LogP) is 7.74. The molecule has 0 saturated heterocycles. The van der Waals surface area contributed by atoms with Gasteiger partial charge in [-0.2, -0.15) is 0 Å². The molecule has 2 rings (SSSR count). The molecule has 0 aliphatic rings. The molecule has 0 aromatic heterocycles. The van der Waals surface area contributed by atoms with Crippen molar-refractivity contribution in [2.45, 2.75) is 77.7 Å². The first-order valence-electron chi connectivity index (χ1n) is 10.3. The zero-order chi connectivity index (χ0) is 17.7. The van der Waals surface area contributed by atoms with Gasteiger partial charge in [-0.1, -0.05) is 95.2 Å². The molecular formula is C24H35N. The Hall–Kier alpha value is -1.76. The summed E-state index contributed by atoms with van der Waals surface area (Å²) in [7, 11) is 0. The predicted molar refractivity (Wildman–Crippen MR) is 112 cm³/mol. The van der Waals surface area contributed by atoms with Crippen molar-refractivity contribution >= 4 is 11.4 Å². The van der Waals surface area contributed by atoms with E-state index >= 15 is 0 Å². The molecule has 1 unspecified atom stereocenters. The second-order valence-electron chi connectivity index (χ2n) is 7.04. The molecule has 1 heteroatoms. The summed E-state index contributed by atoms with van der Waals surface area (Å²) >= 11 is 0. The maximum absolute atomic E-state index is 2.57.